The summed E-state index contributed by atoms with van der Waals surface area (Å²) in [6.07, 6.45) is 1.35. The number of benzene rings is 1. The fourth-order valence-electron chi connectivity index (χ4n) is 0.776. The van der Waals surface area contributed by atoms with Crippen LogP contribution in [0.4, 0.5) is 0 Å². The highest BCUT2D eigenvalue weighted by molar-refractivity contribution is 9.10. The van der Waals surface area contributed by atoms with E-state index < -0.39 is 9.73 Å². The quantitative estimate of drug-likeness (QED) is 0.835. The Morgan fingerprint density at radius 3 is 2.58 bits per heavy atom. The van der Waals surface area contributed by atoms with Crippen LogP contribution in [0.25, 0.3) is 0 Å². The van der Waals surface area contributed by atoms with Gasteiger partial charge in [-0.1, -0.05) is 27.5 Å². The third kappa shape index (κ3) is 2.21. The lowest BCUT2D eigenvalue weighted by atomic mass is 10.4. The van der Waals surface area contributed by atoms with Crippen molar-refractivity contribution in [3.63, 3.8) is 0 Å². The molecule has 0 heterocycles. The summed E-state index contributed by atoms with van der Waals surface area (Å²) in [5.74, 6) is 0. The van der Waals surface area contributed by atoms with Crippen molar-refractivity contribution < 1.29 is 4.21 Å². The average molecular weight is 269 g/mol. The second-order valence-electron chi connectivity index (χ2n) is 2.42. The molecule has 1 N–H and O–H groups in total. The topological polar surface area (TPSA) is 40.9 Å². The lowest BCUT2D eigenvalue weighted by molar-refractivity contribution is 0.679. The van der Waals surface area contributed by atoms with Gasteiger partial charge >= 0.3 is 0 Å². The van der Waals surface area contributed by atoms with E-state index in [0.29, 0.717) is 9.92 Å². The van der Waals surface area contributed by atoms with Gasteiger partial charge in [0.05, 0.1) is 19.6 Å². The van der Waals surface area contributed by atoms with Crippen LogP contribution >= 0.6 is 27.5 Å². The lowest BCUT2D eigenvalue weighted by Gasteiger charge is -2.03. The summed E-state index contributed by atoms with van der Waals surface area (Å²) in [5.41, 5.74) is 0. The molecule has 0 bridgehead atoms. The maximum absolute atomic E-state index is 11.3. The van der Waals surface area contributed by atoms with Gasteiger partial charge in [-0.25, -0.2) is 8.99 Å². The number of rotatable bonds is 1. The van der Waals surface area contributed by atoms with Crippen LogP contribution in [0.1, 0.15) is 0 Å². The highest BCUT2D eigenvalue weighted by Gasteiger charge is 2.08. The van der Waals surface area contributed by atoms with Crippen molar-refractivity contribution in [2.75, 3.05) is 6.26 Å². The molecule has 0 aromatic heterocycles. The number of nitrogens with one attached hydrogen (secondary N) is 1. The van der Waals surface area contributed by atoms with E-state index in [1.54, 1.807) is 18.2 Å². The molecule has 1 unspecified atom stereocenters. The van der Waals surface area contributed by atoms with Gasteiger partial charge in [-0.3, -0.25) is 0 Å². The smallest absolute Gasteiger partial charge is 0.0712 e. The van der Waals surface area contributed by atoms with Crippen molar-refractivity contribution in [3.8, 4) is 0 Å². The Bertz CT molecular complexity index is 402. The summed E-state index contributed by atoms with van der Waals surface area (Å²) >= 11 is 8.98. The number of hydrogen-bond acceptors (Lipinski definition) is 2. The van der Waals surface area contributed by atoms with Crippen molar-refractivity contribution >= 4 is 37.3 Å². The molecule has 0 fully saturated rings. The molecule has 0 saturated carbocycles. The zero-order chi connectivity index (χ0) is 9.35. The largest absolute Gasteiger partial charge is 0.249 e. The first-order valence-electron chi connectivity index (χ1n) is 3.10. The molecule has 0 aliphatic rings. The Kier molecular flexibility index (Phi) is 2.81. The van der Waals surface area contributed by atoms with Gasteiger partial charge in [0.15, 0.2) is 0 Å². The molecule has 1 atom stereocenters. The number of halogens is 2. The average Bonchev–Trinajstić information content (AvgIpc) is 1.92. The van der Waals surface area contributed by atoms with Gasteiger partial charge in [0.2, 0.25) is 0 Å². The first-order chi connectivity index (χ1) is 5.41. The van der Waals surface area contributed by atoms with Gasteiger partial charge in [-0.2, -0.15) is 0 Å². The molecule has 0 saturated heterocycles. The van der Waals surface area contributed by atoms with Crippen LogP contribution in [0.15, 0.2) is 27.6 Å². The predicted molar refractivity (Wildman–Crippen MR) is 54.2 cm³/mol. The minimum Gasteiger partial charge on any atom is -0.249 e. The molecule has 2 nitrogen and oxygen atoms in total. The van der Waals surface area contributed by atoms with Gasteiger partial charge in [0.25, 0.3) is 0 Å². The molecule has 0 spiro atoms. The Hall–Kier alpha value is -0.0600. The Labute approximate surface area is 85.0 Å². The van der Waals surface area contributed by atoms with Gasteiger partial charge in [-0.05, 0) is 18.2 Å². The van der Waals surface area contributed by atoms with Crippen LogP contribution in [0.5, 0.6) is 0 Å². The normalized spacial score (nSPS) is 15.6. The van der Waals surface area contributed by atoms with Crippen LogP contribution in [0.3, 0.4) is 0 Å². The molecule has 0 aliphatic heterocycles. The second kappa shape index (κ2) is 3.36. The Morgan fingerprint density at radius 1 is 1.58 bits per heavy atom. The molecular formula is C7H7BrClNOS. The van der Waals surface area contributed by atoms with E-state index in [4.69, 9.17) is 16.4 Å². The van der Waals surface area contributed by atoms with Crippen molar-refractivity contribution in [1.29, 1.82) is 4.78 Å². The van der Waals surface area contributed by atoms with Gasteiger partial charge < -0.3 is 0 Å². The second-order valence-corrected chi connectivity index (χ2v) is 5.87. The Balaban J connectivity index is 3.43. The molecule has 0 amide bonds. The standard InChI is InChI=1S/C7H7BrClNOS/c1-12(10,11)7-4-5(8)2-3-6(7)9/h2-4,10H,1H3. The summed E-state index contributed by atoms with van der Waals surface area (Å²) in [5, 5.41) is 0.376. The van der Waals surface area contributed by atoms with E-state index in [2.05, 4.69) is 15.9 Å². The van der Waals surface area contributed by atoms with Crippen LogP contribution in [0.2, 0.25) is 5.02 Å². The molecule has 0 radical (unpaired) electrons. The minimum absolute atomic E-state index is 0.374. The van der Waals surface area contributed by atoms with Gasteiger partial charge in [0.1, 0.15) is 0 Å². The molecule has 1 rings (SSSR count). The maximum Gasteiger partial charge on any atom is 0.0712 e. The van der Waals surface area contributed by atoms with Crippen molar-refractivity contribution in [2.24, 2.45) is 0 Å². The van der Waals surface area contributed by atoms with Crippen molar-refractivity contribution in [2.45, 2.75) is 4.90 Å². The van der Waals surface area contributed by atoms with E-state index in [-0.39, 0.29) is 0 Å². The molecular weight excluding hydrogens is 262 g/mol. The van der Waals surface area contributed by atoms with E-state index in [1.807, 2.05) is 0 Å². The molecule has 1 aromatic rings. The van der Waals surface area contributed by atoms with Crippen LogP contribution in [0, 0.1) is 4.78 Å². The maximum atomic E-state index is 11.3. The first-order valence-corrected chi connectivity index (χ1v) is 6.24. The van der Waals surface area contributed by atoms with E-state index in [0.717, 1.165) is 4.47 Å². The van der Waals surface area contributed by atoms with Crippen LogP contribution < -0.4 is 0 Å². The third-order valence-electron chi connectivity index (χ3n) is 1.31. The summed E-state index contributed by atoms with van der Waals surface area (Å²) in [4.78, 5) is 0.374. The van der Waals surface area contributed by atoms with E-state index >= 15 is 0 Å². The van der Waals surface area contributed by atoms with Gasteiger partial charge in [-0.15, -0.1) is 0 Å². The van der Waals surface area contributed by atoms with Crippen LogP contribution in [-0.2, 0) is 9.73 Å². The van der Waals surface area contributed by atoms with E-state index in [9.17, 15) is 4.21 Å². The highest BCUT2D eigenvalue weighted by atomic mass is 79.9. The first kappa shape index (κ1) is 10.0. The van der Waals surface area contributed by atoms with E-state index in [1.165, 1.54) is 6.26 Å². The van der Waals surface area contributed by atoms with Gasteiger partial charge in [0, 0.05) is 10.7 Å². The molecule has 5 heteroatoms. The SMILES string of the molecule is CS(=N)(=O)c1cc(Br)ccc1Cl. The monoisotopic (exact) mass is 267 g/mol. The molecule has 12 heavy (non-hydrogen) atoms. The summed E-state index contributed by atoms with van der Waals surface area (Å²) in [7, 11) is -2.72. The molecule has 66 valence electrons. The molecule has 1 aromatic carbocycles. The summed E-state index contributed by atoms with van der Waals surface area (Å²) in [6, 6.07) is 4.98. The summed E-state index contributed by atoms with van der Waals surface area (Å²) < 4.78 is 19.4. The fraction of sp³-hybridized carbons (Fsp3) is 0.143. The van der Waals surface area contributed by atoms with Crippen molar-refractivity contribution in [3.05, 3.63) is 27.7 Å². The minimum atomic E-state index is -2.72. The fourth-order valence-corrected chi connectivity index (χ4v) is 2.64. The predicted octanol–water partition coefficient (Wildman–Crippen LogP) is 3.14. The summed E-state index contributed by atoms with van der Waals surface area (Å²) in [6.45, 7) is 0. The third-order valence-corrected chi connectivity index (χ3v) is 3.42. The van der Waals surface area contributed by atoms with Crippen LogP contribution in [-0.4, -0.2) is 10.5 Å². The molecule has 0 aliphatic carbocycles. The Morgan fingerprint density at radius 2 is 2.17 bits per heavy atom. The lowest BCUT2D eigenvalue weighted by Crippen LogP contribution is -1.95. The zero-order valence-corrected chi connectivity index (χ0v) is 9.46. The zero-order valence-electron chi connectivity index (χ0n) is 6.30. The van der Waals surface area contributed by atoms with Crippen molar-refractivity contribution in [1.82, 2.24) is 0 Å². The highest BCUT2D eigenvalue weighted by Crippen LogP contribution is 2.25. The number of hydrogen-bond donors (Lipinski definition) is 1.